The molecule has 24 heavy (non-hydrogen) atoms. The number of aryl methyl sites for hydroxylation is 1. The molecule has 0 aromatic carbocycles. The first kappa shape index (κ1) is 16.4. The number of nitrogens with zero attached hydrogens (tertiary/aromatic N) is 3. The van der Waals surface area contributed by atoms with Gasteiger partial charge in [-0.05, 0) is 44.7 Å². The molecule has 3 N–H and O–H groups in total. The van der Waals surface area contributed by atoms with Crippen LogP contribution >= 0.6 is 0 Å². The van der Waals surface area contributed by atoms with Gasteiger partial charge in [0.1, 0.15) is 5.82 Å². The van der Waals surface area contributed by atoms with Gasteiger partial charge in [0.05, 0.1) is 30.1 Å². The second-order valence-electron chi connectivity index (χ2n) is 6.58. The molecule has 0 saturated heterocycles. The van der Waals surface area contributed by atoms with Crippen molar-refractivity contribution in [1.82, 2.24) is 20.1 Å². The van der Waals surface area contributed by atoms with Crippen LogP contribution in [-0.4, -0.2) is 38.0 Å². The van der Waals surface area contributed by atoms with Crippen LogP contribution < -0.4 is 10.6 Å². The largest absolute Gasteiger partial charge is 0.394 e. The van der Waals surface area contributed by atoms with Gasteiger partial charge >= 0.3 is 6.03 Å². The second kappa shape index (κ2) is 6.60. The Labute approximate surface area is 141 Å². The van der Waals surface area contributed by atoms with Crippen molar-refractivity contribution in [3.05, 3.63) is 41.9 Å². The molecule has 3 rings (SSSR count). The molecule has 1 unspecified atom stereocenters. The highest BCUT2D eigenvalue weighted by atomic mass is 16.3. The molecule has 1 aliphatic carbocycles. The molecular formula is C17H23N5O2. The number of aliphatic hydroxyl groups is 1. The number of pyridine rings is 1. The van der Waals surface area contributed by atoms with Crippen LogP contribution in [0, 0.1) is 12.8 Å². The highest BCUT2D eigenvalue weighted by Crippen LogP contribution is 2.39. The molecule has 2 amide bonds. The van der Waals surface area contributed by atoms with E-state index < -0.39 is 5.54 Å². The Morgan fingerprint density at radius 3 is 2.88 bits per heavy atom. The molecule has 2 aromatic rings. The number of rotatable bonds is 6. The van der Waals surface area contributed by atoms with Gasteiger partial charge in [-0.1, -0.05) is 6.07 Å². The first-order valence-corrected chi connectivity index (χ1v) is 8.14. The number of urea groups is 1. The summed E-state index contributed by atoms with van der Waals surface area (Å²) in [5.74, 6) is 0.945. The van der Waals surface area contributed by atoms with E-state index >= 15 is 0 Å². The predicted octanol–water partition coefficient (Wildman–Crippen LogP) is 1.92. The molecule has 1 aliphatic rings. The molecule has 1 atom stereocenters. The summed E-state index contributed by atoms with van der Waals surface area (Å²) in [5.41, 5.74) is 1.10. The third-order valence-corrected chi connectivity index (χ3v) is 4.39. The summed E-state index contributed by atoms with van der Waals surface area (Å²) >= 11 is 0. The monoisotopic (exact) mass is 329 g/mol. The van der Waals surface area contributed by atoms with E-state index in [1.54, 1.807) is 10.9 Å². The normalized spacial score (nSPS) is 16.5. The maximum atomic E-state index is 12.3. The van der Waals surface area contributed by atoms with Crippen molar-refractivity contribution in [3.8, 4) is 0 Å². The van der Waals surface area contributed by atoms with Crippen LogP contribution in [0.2, 0.25) is 0 Å². The molecule has 0 aliphatic heterocycles. The van der Waals surface area contributed by atoms with Gasteiger partial charge in [0.2, 0.25) is 0 Å². The lowest BCUT2D eigenvalue weighted by molar-refractivity contribution is 0.159. The Bertz CT molecular complexity index is 711. The van der Waals surface area contributed by atoms with Gasteiger partial charge in [-0.15, -0.1) is 0 Å². The van der Waals surface area contributed by atoms with Crippen LogP contribution in [0.1, 0.15) is 31.2 Å². The van der Waals surface area contributed by atoms with E-state index in [0.29, 0.717) is 18.3 Å². The average molecular weight is 329 g/mol. The van der Waals surface area contributed by atoms with E-state index in [4.69, 9.17) is 0 Å². The van der Waals surface area contributed by atoms with Crippen molar-refractivity contribution >= 4 is 11.8 Å². The summed E-state index contributed by atoms with van der Waals surface area (Å²) in [6.07, 6.45) is 3.80. The molecular weight excluding hydrogens is 306 g/mol. The molecule has 0 bridgehead atoms. The maximum absolute atomic E-state index is 12.3. The van der Waals surface area contributed by atoms with Crippen LogP contribution in [0.5, 0.6) is 0 Å². The Balaban J connectivity index is 1.69. The van der Waals surface area contributed by atoms with Crippen LogP contribution in [-0.2, 0) is 6.54 Å². The number of anilines is 1. The van der Waals surface area contributed by atoms with Crippen molar-refractivity contribution < 1.29 is 9.90 Å². The number of hydrogen-bond donors (Lipinski definition) is 3. The van der Waals surface area contributed by atoms with Gasteiger partial charge < -0.3 is 10.4 Å². The summed E-state index contributed by atoms with van der Waals surface area (Å²) in [6, 6.07) is 7.17. The van der Waals surface area contributed by atoms with Crippen molar-refractivity contribution in [1.29, 1.82) is 0 Å². The van der Waals surface area contributed by atoms with Crippen molar-refractivity contribution in [2.45, 2.75) is 38.8 Å². The zero-order valence-electron chi connectivity index (χ0n) is 14.0. The number of carbonyl (C=O) groups is 1. The Morgan fingerprint density at radius 2 is 2.25 bits per heavy atom. The molecule has 2 heterocycles. The summed E-state index contributed by atoms with van der Waals surface area (Å²) in [7, 11) is 0. The van der Waals surface area contributed by atoms with Crippen LogP contribution in [0.25, 0.3) is 0 Å². The fraction of sp³-hybridized carbons (Fsp3) is 0.471. The second-order valence-corrected chi connectivity index (χ2v) is 6.58. The molecule has 7 heteroatoms. The van der Waals surface area contributed by atoms with Crippen molar-refractivity contribution in [2.24, 2.45) is 5.92 Å². The van der Waals surface area contributed by atoms with Crippen LogP contribution in [0.3, 0.4) is 0 Å². The molecule has 1 saturated carbocycles. The fourth-order valence-corrected chi connectivity index (χ4v) is 2.81. The fourth-order valence-electron chi connectivity index (χ4n) is 2.81. The summed E-state index contributed by atoms with van der Waals surface area (Å²) < 4.78 is 1.71. The summed E-state index contributed by atoms with van der Waals surface area (Å²) in [4.78, 5) is 16.6. The SMILES string of the molecule is Cc1cc(NC(=O)NC(C)(CO)C2CC2)n(Cc2ccccn2)n1. The number of amides is 2. The van der Waals surface area contributed by atoms with E-state index in [2.05, 4.69) is 20.7 Å². The summed E-state index contributed by atoms with van der Waals surface area (Å²) in [6.45, 7) is 4.15. The lowest BCUT2D eigenvalue weighted by Gasteiger charge is -2.28. The number of aliphatic hydroxyl groups excluding tert-OH is 1. The highest BCUT2D eigenvalue weighted by molar-refractivity contribution is 5.89. The predicted molar refractivity (Wildman–Crippen MR) is 90.7 cm³/mol. The smallest absolute Gasteiger partial charge is 0.320 e. The van der Waals surface area contributed by atoms with Gasteiger partial charge in [-0.3, -0.25) is 10.3 Å². The number of hydrogen-bond acceptors (Lipinski definition) is 4. The Kier molecular flexibility index (Phi) is 4.53. The Morgan fingerprint density at radius 1 is 1.46 bits per heavy atom. The van der Waals surface area contributed by atoms with Crippen LogP contribution in [0.15, 0.2) is 30.5 Å². The maximum Gasteiger partial charge on any atom is 0.320 e. The minimum absolute atomic E-state index is 0.0721. The minimum Gasteiger partial charge on any atom is -0.394 e. The van der Waals surface area contributed by atoms with Gasteiger partial charge in [0.15, 0.2) is 0 Å². The van der Waals surface area contributed by atoms with Gasteiger partial charge in [-0.25, -0.2) is 9.48 Å². The summed E-state index contributed by atoms with van der Waals surface area (Å²) in [5, 5.41) is 19.7. The van der Waals surface area contributed by atoms with E-state index in [1.165, 1.54) is 0 Å². The molecule has 7 nitrogen and oxygen atoms in total. The Hall–Kier alpha value is -2.41. The van der Waals surface area contributed by atoms with Gasteiger partial charge in [0, 0.05) is 12.3 Å². The van der Waals surface area contributed by atoms with Gasteiger partial charge in [0.25, 0.3) is 0 Å². The average Bonchev–Trinajstić information content (AvgIpc) is 3.35. The van der Waals surface area contributed by atoms with Crippen molar-refractivity contribution in [3.63, 3.8) is 0 Å². The van der Waals surface area contributed by atoms with Crippen LogP contribution in [0.4, 0.5) is 10.6 Å². The first-order valence-electron chi connectivity index (χ1n) is 8.14. The number of carbonyl (C=O) groups excluding carboxylic acids is 1. The van der Waals surface area contributed by atoms with E-state index in [9.17, 15) is 9.90 Å². The minimum atomic E-state index is -0.578. The van der Waals surface area contributed by atoms with Gasteiger partial charge in [-0.2, -0.15) is 5.10 Å². The zero-order valence-corrected chi connectivity index (χ0v) is 14.0. The lowest BCUT2D eigenvalue weighted by atomic mass is 9.97. The topological polar surface area (TPSA) is 92.1 Å². The molecule has 1 fully saturated rings. The molecule has 2 aromatic heterocycles. The molecule has 0 spiro atoms. The molecule has 0 radical (unpaired) electrons. The van der Waals surface area contributed by atoms with E-state index in [-0.39, 0.29) is 12.6 Å². The molecule has 128 valence electrons. The van der Waals surface area contributed by atoms with E-state index in [0.717, 1.165) is 24.2 Å². The number of nitrogens with one attached hydrogen (secondary N) is 2. The quantitative estimate of drug-likeness (QED) is 0.755. The van der Waals surface area contributed by atoms with Crippen molar-refractivity contribution in [2.75, 3.05) is 11.9 Å². The lowest BCUT2D eigenvalue weighted by Crippen LogP contribution is -2.52. The first-order chi connectivity index (χ1) is 11.5. The third-order valence-electron chi connectivity index (χ3n) is 4.39. The number of aromatic nitrogens is 3. The van der Waals surface area contributed by atoms with E-state index in [1.807, 2.05) is 38.1 Å². The highest BCUT2D eigenvalue weighted by Gasteiger charge is 2.42. The third kappa shape index (κ3) is 3.73. The standard InChI is InChI=1S/C17H23N5O2/c1-12-9-15(22(21-12)10-14-5-3-4-8-18-14)19-16(24)20-17(2,11-23)13-6-7-13/h3-5,8-9,13,23H,6-7,10-11H2,1-2H3,(H2,19,20,24). The zero-order chi connectivity index (χ0) is 17.2.